The Hall–Kier alpha value is -1.30. The molecule has 2 rings (SSSR count). The van der Waals surface area contributed by atoms with Crippen molar-refractivity contribution in [3.05, 3.63) is 54.4 Å². The molecule has 0 aliphatic rings. The molecule has 0 spiro atoms. The lowest BCUT2D eigenvalue weighted by atomic mass is 9.95. The second-order valence-electron chi connectivity index (χ2n) is 4.12. The van der Waals surface area contributed by atoms with Gasteiger partial charge in [-0.05, 0) is 28.7 Å². The zero-order valence-electron chi connectivity index (χ0n) is 9.40. The van der Waals surface area contributed by atoms with E-state index in [1.807, 2.05) is 0 Å². The first kappa shape index (κ1) is 10.2. The first-order valence-corrected chi connectivity index (χ1v) is 5.64. The molecule has 1 atom stereocenters. The fourth-order valence-corrected chi connectivity index (χ4v) is 1.82. The molecule has 15 heavy (non-hydrogen) atoms. The van der Waals surface area contributed by atoms with Crippen LogP contribution in [0.4, 0.5) is 0 Å². The van der Waals surface area contributed by atoms with Gasteiger partial charge in [0, 0.05) is 0 Å². The number of hydrogen-bond acceptors (Lipinski definition) is 0. The van der Waals surface area contributed by atoms with E-state index in [4.69, 9.17) is 0 Å². The summed E-state index contributed by atoms with van der Waals surface area (Å²) in [5.41, 5.74) is 1.36. The van der Waals surface area contributed by atoms with Gasteiger partial charge >= 0.3 is 0 Å². The van der Waals surface area contributed by atoms with Crippen molar-refractivity contribution in [3.8, 4) is 0 Å². The van der Waals surface area contributed by atoms with E-state index in [2.05, 4.69) is 62.7 Å². The van der Waals surface area contributed by atoms with Crippen molar-refractivity contribution in [2.24, 2.45) is 5.92 Å². The molecule has 2 aromatic carbocycles. The van der Waals surface area contributed by atoms with Gasteiger partial charge in [0.25, 0.3) is 0 Å². The molecular weight excluding hydrogens is 180 g/mol. The Bertz CT molecular complexity index is 437. The van der Waals surface area contributed by atoms with E-state index in [0.717, 1.165) is 0 Å². The Morgan fingerprint density at radius 2 is 1.80 bits per heavy atom. The Labute approximate surface area is 91.9 Å². The van der Waals surface area contributed by atoms with Crippen molar-refractivity contribution in [1.29, 1.82) is 0 Å². The van der Waals surface area contributed by atoms with Gasteiger partial charge in [-0.2, -0.15) is 0 Å². The van der Waals surface area contributed by atoms with Gasteiger partial charge in [-0.25, -0.2) is 0 Å². The van der Waals surface area contributed by atoms with Gasteiger partial charge in [-0.3, -0.25) is 0 Å². The molecule has 77 valence electrons. The van der Waals surface area contributed by atoms with Crippen LogP contribution in [0.5, 0.6) is 0 Å². The molecule has 0 heteroatoms. The van der Waals surface area contributed by atoms with Crippen LogP contribution in [0.2, 0.25) is 0 Å². The van der Waals surface area contributed by atoms with Crippen molar-refractivity contribution in [2.45, 2.75) is 20.3 Å². The predicted molar refractivity (Wildman–Crippen MR) is 66.8 cm³/mol. The van der Waals surface area contributed by atoms with E-state index >= 15 is 0 Å². The second kappa shape index (κ2) is 4.48. The summed E-state index contributed by atoms with van der Waals surface area (Å²) in [5.74, 6) is 0.649. The van der Waals surface area contributed by atoms with Crippen molar-refractivity contribution < 1.29 is 0 Å². The van der Waals surface area contributed by atoms with Crippen LogP contribution in [0, 0.1) is 12.3 Å². The van der Waals surface area contributed by atoms with E-state index in [1.54, 1.807) is 0 Å². The largest absolute Gasteiger partial charge is 0.0651 e. The highest BCUT2D eigenvalue weighted by Crippen LogP contribution is 2.23. The maximum Gasteiger partial charge on any atom is -0.00586 e. The molecule has 0 heterocycles. The van der Waals surface area contributed by atoms with Crippen LogP contribution >= 0.6 is 0 Å². The van der Waals surface area contributed by atoms with Gasteiger partial charge in [0.2, 0.25) is 0 Å². The molecule has 0 aliphatic heterocycles. The highest BCUT2D eigenvalue weighted by atomic mass is 14.1. The molecule has 1 unspecified atom stereocenters. The zero-order chi connectivity index (χ0) is 10.7. The topological polar surface area (TPSA) is 0 Å². The average Bonchev–Trinajstić information content (AvgIpc) is 2.29. The van der Waals surface area contributed by atoms with Gasteiger partial charge in [-0.1, -0.05) is 62.7 Å². The maximum atomic E-state index is 2.36. The summed E-state index contributed by atoms with van der Waals surface area (Å²) in [4.78, 5) is 0. The number of rotatable bonds is 3. The monoisotopic (exact) mass is 197 g/mol. The molecule has 0 amide bonds. The molecule has 0 nitrogen and oxygen atoms in total. The zero-order valence-corrected chi connectivity index (χ0v) is 9.40. The first-order chi connectivity index (χ1) is 7.31. The fourth-order valence-electron chi connectivity index (χ4n) is 1.82. The van der Waals surface area contributed by atoms with E-state index < -0.39 is 0 Å². The molecular formula is C15H17. The minimum atomic E-state index is 0.649. The molecule has 1 radical (unpaired) electrons. The van der Waals surface area contributed by atoms with Gasteiger partial charge in [0.05, 0.1) is 0 Å². The van der Waals surface area contributed by atoms with E-state index in [-0.39, 0.29) is 0 Å². The van der Waals surface area contributed by atoms with Crippen LogP contribution in [0.25, 0.3) is 10.8 Å². The highest BCUT2D eigenvalue weighted by molar-refractivity contribution is 5.86. The van der Waals surface area contributed by atoms with Crippen LogP contribution in [-0.4, -0.2) is 0 Å². The lowest BCUT2D eigenvalue weighted by Gasteiger charge is -2.10. The Balaban J connectivity index is 2.42. The molecule has 2 aromatic rings. The fraction of sp³-hybridized carbons (Fsp3) is 0.267. The first-order valence-electron chi connectivity index (χ1n) is 5.64. The van der Waals surface area contributed by atoms with Crippen molar-refractivity contribution >= 4 is 10.8 Å². The number of benzene rings is 2. The Kier molecular flexibility index (Phi) is 3.05. The SMILES string of the molecule is CCC(C)[CH]c1cccc2ccccc12. The summed E-state index contributed by atoms with van der Waals surface area (Å²) in [6.07, 6.45) is 3.56. The van der Waals surface area contributed by atoms with Crippen LogP contribution in [0.15, 0.2) is 42.5 Å². The average molecular weight is 197 g/mol. The molecule has 0 saturated carbocycles. The third-order valence-electron chi connectivity index (χ3n) is 2.93. The van der Waals surface area contributed by atoms with Crippen LogP contribution in [0.3, 0.4) is 0 Å². The summed E-state index contributed by atoms with van der Waals surface area (Å²) in [6.45, 7) is 4.49. The number of fused-ring (bicyclic) bond motifs is 1. The minimum Gasteiger partial charge on any atom is -0.0651 e. The predicted octanol–water partition coefficient (Wildman–Crippen LogP) is 4.44. The van der Waals surface area contributed by atoms with Crippen LogP contribution < -0.4 is 0 Å². The van der Waals surface area contributed by atoms with Crippen molar-refractivity contribution in [1.82, 2.24) is 0 Å². The van der Waals surface area contributed by atoms with Gasteiger partial charge in [0.15, 0.2) is 0 Å². The van der Waals surface area contributed by atoms with E-state index in [9.17, 15) is 0 Å². The van der Waals surface area contributed by atoms with E-state index in [1.165, 1.54) is 22.8 Å². The molecule has 0 N–H and O–H groups in total. The van der Waals surface area contributed by atoms with Gasteiger partial charge in [0.1, 0.15) is 0 Å². The molecule has 0 bridgehead atoms. The summed E-state index contributed by atoms with van der Waals surface area (Å²) in [5, 5.41) is 2.69. The van der Waals surface area contributed by atoms with Crippen LogP contribution in [-0.2, 0) is 0 Å². The summed E-state index contributed by atoms with van der Waals surface area (Å²) >= 11 is 0. The molecule has 0 aromatic heterocycles. The minimum absolute atomic E-state index is 0.649. The normalized spacial score (nSPS) is 12.9. The van der Waals surface area contributed by atoms with Gasteiger partial charge < -0.3 is 0 Å². The van der Waals surface area contributed by atoms with Crippen molar-refractivity contribution in [2.75, 3.05) is 0 Å². The Morgan fingerprint density at radius 3 is 2.60 bits per heavy atom. The summed E-state index contributed by atoms with van der Waals surface area (Å²) in [6, 6.07) is 15.1. The second-order valence-corrected chi connectivity index (χ2v) is 4.12. The van der Waals surface area contributed by atoms with Crippen LogP contribution in [0.1, 0.15) is 25.8 Å². The smallest absolute Gasteiger partial charge is 0.00586 e. The lowest BCUT2D eigenvalue weighted by Crippen LogP contribution is -1.95. The van der Waals surface area contributed by atoms with E-state index in [0.29, 0.717) is 5.92 Å². The lowest BCUT2D eigenvalue weighted by molar-refractivity contribution is 0.660. The third-order valence-corrected chi connectivity index (χ3v) is 2.93. The third kappa shape index (κ3) is 2.20. The molecule has 0 aliphatic carbocycles. The maximum absolute atomic E-state index is 2.36. The van der Waals surface area contributed by atoms with Crippen molar-refractivity contribution in [3.63, 3.8) is 0 Å². The summed E-state index contributed by atoms with van der Waals surface area (Å²) in [7, 11) is 0. The highest BCUT2D eigenvalue weighted by Gasteiger charge is 2.04. The van der Waals surface area contributed by atoms with Gasteiger partial charge in [-0.15, -0.1) is 0 Å². The number of hydrogen-bond donors (Lipinski definition) is 0. The molecule has 0 fully saturated rings. The summed E-state index contributed by atoms with van der Waals surface area (Å²) < 4.78 is 0. The molecule has 0 saturated heterocycles. The Morgan fingerprint density at radius 1 is 1.07 bits per heavy atom. The quantitative estimate of drug-likeness (QED) is 0.682. The standard InChI is InChI=1S/C15H17/c1-3-12(2)11-14-9-6-8-13-7-4-5-10-15(13)14/h4-12H,3H2,1-2H3.